The molecule has 0 saturated heterocycles. The molecule has 0 bridgehead atoms. The Labute approximate surface area is 209 Å². The Morgan fingerprint density at radius 1 is 1.09 bits per heavy atom. The highest BCUT2D eigenvalue weighted by molar-refractivity contribution is 5.85. The van der Waals surface area contributed by atoms with E-state index in [9.17, 15) is 9.18 Å². The second kappa shape index (κ2) is 10.1. The fourth-order valence-electron chi connectivity index (χ4n) is 4.35. The van der Waals surface area contributed by atoms with Gasteiger partial charge in [-0.2, -0.15) is 5.10 Å². The lowest BCUT2D eigenvalue weighted by molar-refractivity contribution is 0.315. The third kappa shape index (κ3) is 4.74. The molecule has 182 valence electrons. The standard InChI is InChI=1S/C27H27FN4O2.ClH/c1-4-10-30(3)12-13-32-24-8-6-20(15-19(24)17-29-32)31-11-9-25-22(27(31)33)16-26(34-25)21-7-5-18(2)14-23(21)28;/h5-9,11,14-17H,4,10,12-13H2,1-3H3;1H. The van der Waals surface area contributed by atoms with E-state index in [4.69, 9.17) is 4.42 Å². The monoisotopic (exact) mass is 494 g/mol. The molecule has 0 aliphatic carbocycles. The van der Waals surface area contributed by atoms with Crippen molar-refractivity contribution in [2.45, 2.75) is 26.8 Å². The van der Waals surface area contributed by atoms with Gasteiger partial charge < -0.3 is 9.32 Å². The second-order valence-corrected chi connectivity index (χ2v) is 8.78. The van der Waals surface area contributed by atoms with Gasteiger partial charge in [0.25, 0.3) is 5.56 Å². The highest BCUT2D eigenvalue weighted by atomic mass is 35.5. The van der Waals surface area contributed by atoms with Crippen LogP contribution < -0.4 is 5.56 Å². The number of halogens is 2. The molecule has 0 fully saturated rings. The summed E-state index contributed by atoms with van der Waals surface area (Å²) in [6.45, 7) is 6.79. The van der Waals surface area contributed by atoms with E-state index in [-0.39, 0.29) is 23.8 Å². The van der Waals surface area contributed by atoms with Gasteiger partial charge in [0.05, 0.1) is 29.2 Å². The van der Waals surface area contributed by atoms with E-state index >= 15 is 0 Å². The first-order valence-electron chi connectivity index (χ1n) is 11.5. The summed E-state index contributed by atoms with van der Waals surface area (Å²) in [5.41, 5.74) is 3.15. The number of hydrogen-bond donors (Lipinski definition) is 0. The van der Waals surface area contributed by atoms with Gasteiger partial charge in [-0.3, -0.25) is 14.0 Å². The number of nitrogens with zero attached hydrogens (tertiary/aromatic N) is 4. The summed E-state index contributed by atoms with van der Waals surface area (Å²) >= 11 is 0. The third-order valence-corrected chi connectivity index (χ3v) is 6.18. The van der Waals surface area contributed by atoms with Crippen molar-refractivity contribution in [3.05, 3.63) is 82.7 Å². The van der Waals surface area contributed by atoms with Crippen molar-refractivity contribution >= 4 is 34.3 Å². The molecule has 0 N–H and O–H groups in total. The number of fused-ring (bicyclic) bond motifs is 2. The lowest BCUT2D eigenvalue weighted by Gasteiger charge is -2.15. The first-order chi connectivity index (χ1) is 16.4. The number of aryl methyl sites for hydroxylation is 1. The fraction of sp³-hybridized carbons (Fsp3) is 0.259. The molecule has 0 unspecified atom stereocenters. The van der Waals surface area contributed by atoms with E-state index < -0.39 is 0 Å². The molecule has 3 aromatic heterocycles. The first kappa shape index (κ1) is 24.7. The van der Waals surface area contributed by atoms with Crippen LogP contribution in [-0.4, -0.2) is 39.4 Å². The van der Waals surface area contributed by atoms with Crippen molar-refractivity contribution in [3.8, 4) is 17.0 Å². The van der Waals surface area contributed by atoms with Gasteiger partial charge in [0.15, 0.2) is 0 Å². The predicted octanol–water partition coefficient (Wildman–Crippen LogP) is 5.81. The molecule has 3 heterocycles. The van der Waals surface area contributed by atoms with E-state index in [1.54, 1.807) is 29.0 Å². The molecule has 5 aromatic rings. The van der Waals surface area contributed by atoms with Gasteiger partial charge >= 0.3 is 0 Å². The molecule has 0 aliphatic heterocycles. The lowest BCUT2D eigenvalue weighted by Crippen LogP contribution is -2.24. The number of rotatable bonds is 7. The Balaban J connectivity index is 0.00000289. The number of hydrogen-bond acceptors (Lipinski definition) is 4. The summed E-state index contributed by atoms with van der Waals surface area (Å²) in [5.74, 6) is -0.0325. The molecular weight excluding hydrogens is 467 g/mol. The van der Waals surface area contributed by atoms with Gasteiger partial charge in [0, 0.05) is 23.8 Å². The minimum Gasteiger partial charge on any atom is -0.456 e. The van der Waals surface area contributed by atoms with Crippen LogP contribution in [0.3, 0.4) is 0 Å². The van der Waals surface area contributed by atoms with Crippen LogP contribution >= 0.6 is 12.4 Å². The van der Waals surface area contributed by atoms with Crippen LogP contribution in [0.25, 0.3) is 38.9 Å². The molecule has 35 heavy (non-hydrogen) atoms. The largest absolute Gasteiger partial charge is 0.456 e. The van der Waals surface area contributed by atoms with Crippen LogP contribution in [-0.2, 0) is 6.54 Å². The number of likely N-dealkylation sites (N-methyl/N-ethyl adjacent to an activating group) is 1. The Morgan fingerprint density at radius 3 is 2.69 bits per heavy atom. The van der Waals surface area contributed by atoms with Crippen molar-refractivity contribution in [1.82, 2.24) is 19.2 Å². The average Bonchev–Trinajstić information content (AvgIpc) is 3.42. The summed E-state index contributed by atoms with van der Waals surface area (Å²) in [6.07, 6.45) is 4.64. The van der Waals surface area contributed by atoms with Crippen molar-refractivity contribution < 1.29 is 8.81 Å². The van der Waals surface area contributed by atoms with Crippen molar-refractivity contribution in [1.29, 1.82) is 0 Å². The van der Waals surface area contributed by atoms with Gasteiger partial charge in [-0.25, -0.2) is 4.39 Å². The van der Waals surface area contributed by atoms with Crippen LogP contribution in [0.5, 0.6) is 0 Å². The van der Waals surface area contributed by atoms with Gasteiger partial charge in [0.2, 0.25) is 0 Å². The summed E-state index contributed by atoms with van der Waals surface area (Å²) in [7, 11) is 2.12. The second-order valence-electron chi connectivity index (χ2n) is 8.78. The highest BCUT2D eigenvalue weighted by Crippen LogP contribution is 2.29. The van der Waals surface area contributed by atoms with Gasteiger partial charge in [-0.15, -0.1) is 12.4 Å². The topological polar surface area (TPSA) is 56.2 Å². The molecule has 0 amide bonds. The Kier molecular flexibility index (Phi) is 7.10. The maximum atomic E-state index is 14.4. The number of pyridine rings is 1. The zero-order valence-electron chi connectivity index (χ0n) is 20.0. The molecule has 5 rings (SSSR count). The van der Waals surface area contributed by atoms with Gasteiger partial charge in [-0.05, 0) is 75.0 Å². The molecule has 0 spiro atoms. The Bertz CT molecular complexity index is 1550. The average molecular weight is 495 g/mol. The predicted molar refractivity (Wildman–Crippen MR) is 140 cm³/mol. The summed E-state index contributed by atoms with van der Waals surface area (Å²) in [4.78, 5) is 15.6. The van der Waals surface area contributed by atoms with Gasteiger partial charge in [-0.1, -0.05) is 13.0 Å². The zero-order valence-corrected chi connectivity index (χ0v) is 20.8. The molecule has 8 heteroatoms. The zero-order chi connectivity index (χ0) is 23.8. The highest BCUT2D eigenvalue weighted by Gasteiger charge is 2.15. The fourth-order valence-corrected chi connectivity index (χ4v) is 4.35. The molecule has 2 aromatic carbocycles. The molecular formula is C27H28ClFN4O2. The molecule has 6 nitrogen and oxygen atoms in total. The van der Waals surface area contributed by atoms with Crippen LogP contribution in [0, 0.1) is 12.7 Å². The Morgan fingerprint density at radius 2 is 1.91 bits per heavy atom. The number of furan rings is 1. The molecule has 0 saturated carbocycles. The smallest absolute Gasteiger partial charge is 0.266 e. The van der Waals surface area contributed by atoms with Crippen molar-refractivity contribution in [3.63, 3.8) is 0 Å². The van der Waals surface area contributed by atoms with E-state index in [1.807, 2.05) is 42.1 Å². The van der Waals surface area contributed by atoms with Crippen molar-refractivity contribution in [2.75, 3.05) is 20.1 Å². The van der Waals surface area contributed by atoms with Crippen LogP contribution in [0.4, 0.5) is 4.39 Å². The van der Waals surface area contributed by atoms with Crippen LogP contribution in [0.15, 0.2) is 70.1 Å². The summed E-state index contributed by atoms with van der Waals surface area (Å²) in [5, 5.41) is 5.92. The quantitative estimate of drug-likeness (QED) is 0.286. The minimum atomic E-state index is -0.372. The molecule has 0 atom stereocenters. The normalized spacial score (nSPS) is 11.5. The maximum Gasteiger partial charge on any atom is 0.266 e. The van der Waals surface area contributed by atoms with Crippen molar-refractivity contribution in [2.24, 2.45) is 0 Å². The molecule has 0 aliphatic rings. The van der Waals surface area contributed by atoms with E-state index in [0.29, 0.717) is 22.3 Å². The van der Waals surface area contributed by atoms with Gasteiger partial charge in [0.1, 0.15) is 17.2 Å². The van der Waals surface area contributed by atoms with E-state index in [0.717, 1.165) is 48.2 Å². The van der Waals surface area contributed by atoms with E-state index in [2.05, 4.69) is 24.0 Å². The van der Waals surface area contributed by atoms with E-state index in [1.165, 1.54) is 6.07 Å². The maximum absolute atomic E-state index is 14.4. The Hall–Kier alpha value is -3.42. The number of benzene rings is 2. The number of aromatic nitrogens is 3. The summed E-state index contributed by atoms with van der Waals surface area (Å²) in [6, 6.07) is 14.2. The lowest BCUT2D eigenvalue weighted by atomic mass is 10.1. The summed E-state index contributed by atoms with van der Waals surface area (Å²) < 4.78 is 23.8. The third-order valence-electron chi connectivity index (χ3n) is 6.18. The first-order valence-corrected chi connectivity index (χ1v) is 11.5. The van der Waals surface area contributed by atoms with Crippen LogP contribution in [0.2, 0.25) is 0 Å². The molecule has 0 radical (unpaired) electrons. The minimum absolute atomic E-state index is 0. The SMILES string of the molecule is CCCN(C)CCn1ncc2cc(-n3ccc4oc(-c5ccc(C)cc5F)cc4c3=O)ccc21.Cl. The van der Waals surface area contributed by atoms with Crippen LogP contribution in [0.1, 0.15) is 18.9 Å².